The lowest BCUT2D eigenvalue weighted by Gasteiger charge is -2.27. The number of unbranched alkanes of at least 4 members (excludes halogenated alkanes) is 5. The van der Waals surface area contributed by atoms with Crippen molar-refractivity contribution < 1.29 is 72.5 Å². The van der Waals surface area contributed by atoms with E-state index in [1.54, 1.807) is 6.21 Å². The second kappa shape index (κ2) is 51.9. The summed E-state index contributed by atoms with van der Waals surface area (Å²) in [6.45, 7) is 15.1. The van der Waals surface area contributed by atoms with Crippen LogP contribution in [0.5, 0.6) is 0 Å². The number of carboxylic acid groups (broad SMARTS) is 1. The van der Waals surface area contributed by atoms with Gasteiger partial charge in [-0.05, 0) is 190 Å². The van der Waals surface area contributed by atoms with E-state index in [1.165, 1.54) is 41.7 Å². The molecular weight excluding hydrogens is 1320 g/mol. The second-order valence-electron chi connectivity index (χ2n) is 25.9. The molecule has 12 amide bonds. The van der Waals surface area contributed by atoms with Crippen molar-refractivity contribution >= 4 is 94.8 Å². The van der Waals surface area contributed by atoms with Crippen LogP contribution in [0.3, 0.4) is 0 Å². The number of thioether (sulfide) groups is 1. The van der Waals surface area contributed by atoms with Crippen molar-refractivity contribution in [1.29, 1.82) is 0 Å². The molecule has 0 spiro atoms. The van der Waals surface area contributed by atoms with E-state index >= 15 is 0 Å². The number of primary amides is 2. The maximum absolute atomic E-state index is 14.4. The van der Waals surface area contributed by atoms with Crippen LogP contribution in [0.2, 0.25) is 0 Å². The van der Waals surface area contributed by atoms with Gasteiger partial charge in [-0.1, -0.05) is 64.7 Å². The highest BCUT2D eigenvalue weighted by Crippen LogP contribution is 2.27. The molecular formula is C70H117N15O15S. The fraction of sp³-hybridized carbons (Fsp3) is 0.657. The number of carbonyl (C=O) groups is 13. The summed E-state index contributed by atoms with van der Waals surface area (Å²) in [6.07, 6.45) is 24.0. The average molecular weight is 1440 g/mol. The molecule has 0 aliphatic carbocycles. The van der Waals surface area contributed by atoms with Gasteiger partial charge >= 0.3 is 5.97 Å². The molecule has 568 valence electrons. The predicted octanol–water partition coefficient (Wildman–Crippen LogP) is 2.40. The Morgan fingerprint density at radius 3 is 1.48 bits per heavy atom. The Balaban J connectivity index is 3.04. The Morgan fingerprint density at radius 2 is 0.970 bits per heavy atom. The van der Waals surface area contributed by atoms with Crippen molar-refractivity contribution in [3.8, 4) is 0 Å². The zero-order valence-electron chi connectivity index (χ0n) is 60.6. The Hall–Kier alpha value is -8.13. The standard InChI is InChI=1S/C70H117N15O15S/c1-44(2)22-18-25-47(5)28-19-26-45(3)23-11-12-24-46(4)27-20-29-48(6)30-21-38-76-84-60(89)33-10-9-17-39-85-61(90)41-57(69(85)98)101-43-56(83-67(96)54(34-35-58(74)87)80-64(93)51(73)42-86)68(97)81-52(31-13-15-36-71)65(94)78-49(7)62(91)77-50(8)63(92)79-53(32-14-16-37-72)66(95)82-55(70(99)100)40-59(75)88/h22-24,28-29,38,49-57,86H,9-21,25-27,30-37,39-43,71-73H2,1-8H3,(H2,74,87)(H2,75,88)(H,77,91)(H,78,94)(H,79,92)(H,80,93)(H,81,97)(H,82,95)(H,83,96)(H,84,89)(H,99,100)/b45-23+,46-24+,47-28+,48-29+,76-38+/t49-,50-,51-,52-,53-,54-,55-,56-,57?/m0/s1. The van der Waals surface area contributed by atoms with Crippen LogP contribution >= 0.6 is 11.8 Å². The fourth-order valence-electron chi connectivity index (χ4n) is 10.2. The van der Waals surface area contributed by atoms with Gasteiger partial charge in [0.25, 0.3) is 0 Å². The van der Waals surface area contributed by atoms with Crippen molar-refractivity contribution in [2.45, 2.75) is 263 Å². The number of carbonyl (C=O) groups excluding carboxylic acids is 12. The average Bonchev–Trinajstić information content (AvgIpc) is 1.73. The fourth-order valence-corrected chi connectivity index (χ4v) is 11.4. The maximum atomic E-state index is 14.4. The largest absolute Gasteiger partial charge is 0.480 e. The summed E-state index contributed by atoms with van der Waals surface area (Å²) in [5.41, 5.74) is 36.9. The first-order valence-electron chi connectivity index (χ1n) is 35.0. The highest BCUT2D eigenvalue weighted by atomic mass is 32.2. The van der Waals surface area contributed by atoms with Crippen LogP contribution < -0.4 is 71.3 Å². The number of allylic oxidation sites excluding steroid dienone is 10. The Kier molecular flexibility index (Phi) is 46.7. The molecule has 20 N–H and O–H groups in total. The summed E-state index contributed by atoms with van der Waals surface area (Å²) >= 11 is 0.849. The first kappa shape index (κ1) is 90.9. The molecule has 30 nitrogen and oxygen atoms in total. The number of hydrazone groups is 1. The third kappa shape index (κ3) is 40.8. The quantitative estimate of drug-likeness (QED) is 0.0137. The smallest absolute Gasteiger partial charge is 0.326 e. The molecule has 9 atom stereocenters. The van der Waals surface area contributed by atoms with Crippen molar-refractivity contribution in [2.75, 3.05) is 32.0 Å². The van der Waals surface area contributed by atoms with E-state index in [2.05, 4.69) is 120 Å². The van der Waals surface area contributed by atoms with Gasteiger partial charge in [-0.2, -0.15) is 5.10 Å². The molecule has 101 heavy (non-hydrogen) atoms. The van der Waals surface area contributed by atoms with Crippen molar-refractivity contribution in [2.24, 2.45) is 33.8 Å². The number of hydrogen-bond donors (Lipinski definition) is 15. The lowest BCUT2D eigenvalue weighted by Crippen LogP contribution is -2.60. The highest BCUT2D eigenvalue weighted by molar-refractivity contribution is 8.00. The van der Waals surface area contributed by atoms with E-state index in [4.69, 9.17) is 28.7 Å². The van der Waals surface area contributed by atoms with Crippen LogP contribution in [0.15, 0.2) is 63.3 Å². The van der Waals surface area contributed by atoms with E-state index in [-0.39, 0.29) is 64.1 Å². The minimum absolute atomic E-state index is 0.00869. The van der Waals surface area contributed by atoms with Gasteiger partial charge in [0.1, 0.15) is 48.3 Å². The van der Waals surface area contributed by atoms with E-state index in [0.717, 1.165) is 74.4 Å². The molecule has 1 unspecified atom stereocenters. The molecule has 31 heteroatoms. The zero-order chi connectivity index (χ0) is 76.0. The third-order valence-corrected chi connectivity index (χ3v) is 17.7. The number of nitrogens with two attached hydrogens (primary N) is 5. The van der Waals surface area contributed by atoms with Crippen LogP contribution in [-0.4, -0.2) is 184 Å². The van der Waals surface area contributed by atoms with Crippen molar-refractivity contribution in [3.63, 3.8) is 0 Å². The number of aliphatic hydroxyl groups excluding tert-OH is 1. The summed E-state index contributed by atoms with van der Waals surface area (Å²) in [6, 6.07) is -11.9. The van der Waals surface area contributed by atoms with E-state index in [9.17, 15) is 72.5 Å². The van der Waals surface area contributed by atoms with Crippen LogP contribution in [0, 0.1) is 0 Å². The SMILES string of the molecule is CC(C)=CCC/C(C)=C/CC/C(C)=C/CC/C=C(\C)CC/C=C(\C)CC/C=N/NC(=O)CCCCCN1C(=O)CC(SC[C@H](NC(=O)[C@H](CCC(N)=O)NC(=O)[C@@H](N)CO)C(=O)N[C@@H](CCCCN)C(=O)N[C@@H](C)C(=O)N[C@@H](C)C(=O)N[C@@H](CCCCN)C(=O)N[C@@H](CC(N)=O)C(=O)O)C1=O. The normalized spacial score (nSPS) is 16.0. The molecule has 1 rings (SSSR count). The molecule has 0 aromatic carbocycles. The van der Waals surface area contributed by atoms with Gasteiger partial charge in [0.2, 0.25) is 70.9 Å². The number of rotatable bonds is 54. The summed E-state index contributed by atoms with van der Waals surface area (Å²) in [4.78, 5) is 171. The Morgan fingerprint density at radius 1 is 0.525 bits per heavy atom. The number of nitrogens with one attached hydrogen (secondary N) is 8. The molecule has 1 fully saturated rings. The molecule has 0 saturated carbocycles. The van der Waals surface area contributed by atoms with Gasteiger partial charge in [-0.25, -0.2) is 10.2 Å². The zero-order valence-corrected chi connectivity index (χ0v) is 61.4. The van der Waals surface area contributed by atoms with Gasteiger partial charge in [0.15, 0.2) is 0 Å². The minimum atomic E-state index is -1.70. The van der Waals surface area contributed by atoms with E-state index in [1.807, 2.05) is 0 Å². The van der Waals surface area contributed by atoms with Crippen LogP contribution in [0.4, 0.5) is 0 Å². The molecule has 1 aliphatic rings. The number of amides is 12. The molecule has 0 bridgehead atoms. The molecule has 1 heterocycles. The monoisotopic (exact) mass is 1440 g/mol. The second-order valence-corrected chi connectivity index (χ2v) is 27.2. The third-order valence-electron chi connectivity index (χ3n) is 16.4. The molecule has 1 saturated heterocycles. The number of aliphatic hydroxyl groups is 1. The molecule has 0 aromatic heterocycles. The van der Waals surface area contributed by atoms with Gasteiger partial charge in [-0.15, -0.1) is 11.8 Å². The number of nitrogens with zero attached hydrogens (tertiary/aromatic N) is 2. The minimum Gasteiger partial charge on any atom is -0.480 e. The summed E-state index contributed by atoms with van der Waals surface area (Å²) < 4.78 is 0. The molecule has 0 radical (unpaired) electrons. The Bertz CT molecular complexity index is 2930. The molecule has 1 aliphatic heterocycles. The number of imide groups is 1. The van der Waals surface area contributed by atoms with Crippen molar-refractivity contribution in [3.05, 3.63) is 58.2 Å². The van der Waals surface area contributed by atoms with Gasteiger partial charge in [0, 0.05) is 37.8 Å². The lowest BCUT2D eigenvalue weighted by atomic mass is 10.0. The van der Waals surface area contributed by atoms with Crippen LogP contribution in [0.1, 0.15) is 209 Å². The number of aliphatic carboxylic acids is 1. The Labute approximate surface area is 599 Å². The van der Waals surface area contributed by atoms with Gasteiger partial charge < -0.3 is 76.1 Å². The summed E-state index contributed by atoms with van der Waals surface area (Å²) in [7, 11) is 0. The number of carboxylic acids is 1. The lowest BCUT2D eigenvalue weighted by molar-refractivity contribution is -0.143. The first-order chi connectivity index (χ1) is 47.8. The summed E-state index contributed by atoms with van der Waals surface area (Å²) in [5.74, 6) is -11.9. The number of likely N-dealkylation sites (tertiary alicyclic amines) is 1. The van der Waals surface area contributed by atoms with Crippen LogP contribution in [0.25, 0.3) is 0 Å². The first-order valence-corrected chi connectivity index (χ1v) is 36.1. The van der Waals surface area contributed by atoms with E-state index < -0.39 is 150 Å². The maximum Gasteiger partial charge on any atom is 0.326 e. The van der Waals surface area contributed by atoms with Crippen molar-refractivity contribution in [1.82, 2.24) is 47.5 Å². The topological polar surface area (TPSA) is 504 Å². The molecule has 0 aromatic rings. The highest BCUT2D eigenvalue weighted by Gasteiger charge is 2.40. The van der Waals surface area contributed by atoms with Gasteiger partial charge in [0.05, 0.1) is 18.3 Å². The number of hydrogen-bond acceptors (Lipinski definition) is 19. The van der Waals surface area contributed by atoms with Gasteiger partial charge in [-0.3, -0.25) is 62.4 Å². The predicted molar refractivity (Wildman–Crippen MR) is 389 cm³/mol. The van der Waals surface area contributed by atoms with Crippen LogP contribution in [-0.2, 0) is 62.3 Å². The van der Waals surface area contributed by atoms with E-state index in [0.29, 0.717) is 44.9 Å². The summed E-state index contributed by atoms with van der Waals surface area (Å²) in [5, 5.41) is 39.0.